The molecule has 5 nitrogen and oxygen atoms in total. The average molecular weight is 289 g/mol. The van der Waals surface area contributed by atoms with Gasteiger partial charge in [0.25, 0.3) is 0 Å². The van der Waals surface area contributed by atoms with Gasteiger partial charge in [-0.3, -0.25) is 4.79 Å². The number of carbonyl (C=O) groups excluding carboxylic acids is 1. The topological polar surface area (TPSA) is 68.0 Å². The fourth-order valence-electron chi connectivity index (χ4n) is 2.33. The van der Waals surface area contributed by atoms with E-state index < -0.39 is 6.10 Å². The molecule has 114 valence electrons. The molecule has 1 heterocycles. The van der Waals surface area contributed by atoms with Crippen LogP contribution < -0.4 is 0 Å². The zero-order valence-corrected chi connectivity index (χ0v) is 12.7. The summed E-state index contributed by atoms with van der Waals surface area (Å²) in [6.45, 7) is 2.16. The minimum Gasteiger partial charge on any atom is -0.385 e. The Hall–Kier alpha value is -1.75. The van der Waals surface area contributed by atoms with Crippen LogP contribution in [0.5, 0.6) is 0 Å². The van der Waals surface area contributed by atoms with E-state index in [1.165, 1.54) is 19.3 Å². The molecule has 0 bridgehead atoms. The van der Waals surface area contributed by atoms with E-state index in [2.05, 4.69) is 17.1 Å². The van der Waals surface area contributed by atoms with Crippen molar-refractivity contribution in [2.75, 3.05) is 0 Å². The van der Waals surface area contributed by atoms with Crippen LogP contribution in [0.1, 0.15) is 39.0 Å². The zero-order valence-electron chi connectivity index (χ0n) is 12.7. The van der Waals surface area contributed by atoms with E-state index in [4.69, 9.17) is 5.11 Å². The van der Waals surface area contributed by atoms with Crippen molar-refractivity contribution >= 4 is 16.8 Å². The Bertz CT molecular complexity index is 561. The molecule has 1 aromatic heterocycles. The second kappa shape index (κ2) is 7.31. The average Bonchev–Trinajstić information content (AvgIpc) is 2.87. The van der Waals surface area contributed by atoms with Gasteiger partial charge in [0.15, 0.2) is 5.78 Å². The minimum absolute atomic E-state index is 0.00635. The van der Waals surface area contributed by atoms with Gasteiger partial charge in [0.2, 0.25) is 0 Å². The summed E-state index contributed by atoms with van der Waals surface area (Å²) in [5.41, 5.74) is 1.90. The fraction of sp³-hybridized carbons (Fsp3) is 0.562. The summed E-state index contributed by atoms with van der Waals surface area (Å²) in [6, 6.07) is 7.80. The first-order chi connectivity index (χ1) is 10.1. The van der Waals surface area contributed by atoms with Crippen molar-refractivity contribution in [3.8, 4) is 0 Å². The first-order valence-corrected chi connectivity index (χ1v) is 7.61. The van der Waals surface area contributed by atoms with Gasteiger partial charge in [-0.05, 0) is 18.6 Å². The van der Waals surface area contributed by atoms with Crippen LogP contribution in [0.4, 0.5) is 0 Å². The van der Waals surface area contributed by atoms with Crippen molar-refractivity contribution in [1.82, 2.24) is 15.0 Å². The summed E-state index contributed by atoms with van der Waals surface area (Å²) in [7, 11) is 1.82. The molecule has 0 radical (unpaired) electrons. The van der Waals surface area contributed by atoms with Crippen LogP contribution in [-0.4, -0.2) is 32.0 Å². The molecule has 1 aromatic carbocycles. The van der Waals surface area contributed by atoms with Crippen LogP contribution in [-0.2, 0) is 11.8 Å². The van der Waals surface area contributed by atoms with Crippen molar-refractivity contribution in [3.63, 3.8) is 0 Å². The van der Waals surface area contributed by atoms with Gasteiger partial charge in [0.05, 0.1) is 5.92 Å². The normalized spacial score (nSPS) is 20.2. The van der Waals surface area contributed by atoms with E-state index in [9.17, 15) is 4.79 Å². The second-order valence-electron chi connectivity index (χ2n) is 5.48. The maximum absolute atomic E-state index is 10.6. The highest BCUT2D eigenvalue weighted by Crippen LogP contribution is 2.30. The summed E-state index contributed by atoms with van der Waals surface area (Å²) in [6.07, 6.45) is 5.07. The van der Waals surface area contributed by atoms with Crippen LogP contribution in [0.15, 0.2) is 24.3 Å². The minimum atomic E-state index is -0.600. The van der Waals surface area contributed by atoms with Crippen molar-refractivity contribution in [3.05, 3.63) is 24.3 Å². The van der Waals surface area contributed by atoms with Gasteiger partial charge < -0.3 is 5.11 Å². The molecule has 3 rings (SSSR count). The molecule has 0 saturated heterocycles. The molecule has 1 fully saturated rings. The number of benzene rings is 1. The Balaban J connectivity index is 0.000000154. The van der Waals surface area contributed by atoms with E-state index >= 15 is 0 Å². The van der Waals surface area contributed by atoms with E-state index in [0.717, 1.165) is 23.9 Å². The standard InChI is InChI=1S/C9H16O2.C7H7N3/c1-2-3-4-5-6-7-8(10)9(7)11;1-10-8-6-4-2-3-5-7(6)9-10/h7-8,10H,2-6H2,1H3;2-5H,1H3. The molecule has 1 saturated carbocycles. The smallest absolute Gasteiger partial charge is 0.168 e. The Morgan fingerprint density at radius 2 is 1.71 bits per heavy atom. The van der Waals surface area contributed by atoms with E-state index in [-0.39, 0.29) is 11.7 Å². The van der Waals surface area contributed by atoms with Crippen LogP contribution in [0.2, 0.25) is 0 Å². The van der Waals surface area contributed by atoms with Gasteiger partial charge in [-0.1, -0.05) is 44.7 Å². The predicted molar refractivity (Wildman–Crippen MR) is 81.8 cm³/mol. The quantitative estimate of drug-likeness (QED) is 0.859. The lowest BCUT2D eigenvalue weighted by Gasteiger charge is -1.95. The maximum atomic E-state index is 10.6. The largest absolute Gasteiger partial charge is 0.385 e. The highest BCUT2D eigenvalue weighted by Gasteiger charge is 2.46. The number of aryl methyl sites for hydroxylation is 1. The Morgan fingerprint density at radius 3 is 2.19 bits per heavy atom. The third-order valence-electron chi connectivity index (χ3n) is 3.68. The number of carbonyl (C=O) groups is 1. The van der Waals surface area contributed by atoms with Gasteiger partial charge in [0.1, 0.15) is 17.1 Å². The zero-order chi connectivity index (χ0) is 15.2. The molecular weight excluding hydrogens is 266 g/mol. The summed E-state index contributed by atoms with van der Waals surface area (Å²) < 4.78 is 0. The van der Waals surface area contributed by atoms with Gasteiger partial charge in [-0.25, -0.2) is 0 Å². The van der Waals surface area contributed by atoms with E-state index in [1.54, 1.807) is 4.80 Å². The molecule has 1 aliphatic carbocycles. The number of aromatic nitrogens is 3. The van der Waals surface area contributed by atoms with Gasteiger partial charge >= 0.3 is 0 Å². The van der Waals surface area contributed by atoms with Crippen molar-refractivity contribution < 1.29 is 9.90 Å². The number of aliphatic hydroxyl groups excluding tert-OH is 1. The van der Waals surface area contributed by atoms with Crippen LogP contribution in [0.25, 0.3) is 11.0 Å². The number of Topliss-reactive ketones (excluding diaryl/α,β-unsaturated/α-hetero) is 1. The monoisotopic (exact) mass is 289 g/mol. The maximum Gasteiger partial charge on any atom is 0.168 e. The lowest BCUT2D eigenvalue weighted by molar-refractivity contribution is -0.113. The number of fused-ring (bicyclic) bond motifs is 1. The molecule has 0 amide bonds. The fourth-order valence-corrected chi connectivity index (χ4v) is 2.33. The Labute approximate surface area is 125 Å². The number of hydrogen-bond donors (Lipinski definition) is 1. The summed E-state index contributed by atoms with van der Waals surface area (Å²) in [5, 5.41) is 17.1. The van der Waals surface area contributed by atoms with Gasteiger partial charge in [-0.15, -0.1) is 0 Å². The van der Waals surface area contributed by atoms with E-state index in [1.807, 2.05) is 31.3 Å². The van der Waals surface area contributed by atoms with Crippen molar-refractivity contribution in [2.24, 2.45) is 13.0 Å². The molecule has 1 aliphatic rings. The van der Waals surface area contributed by atoms with Crippen molar-refractivity contribution in [2.45, 2.75) is 45.1 Å². The number of hydrogen-bond acceptors (Lipinski definition) is 4. The highest BCUT2D eigenvalue weighted by atomic mass is 16.3. The van der Waals surface area contributed by atoms with Gasteiger partial charge in [0, 0.05) is 7.05 Å². The number of ketones is 1. The van der Waals surface area contributed by atoms with Crippen LogP contribution >= 0.6 is 0 Å². The van der Waals surface area contributed by atoms with Crippen LogP contribution in [0.3, 0.4) is 0 Å². The summed E-state index contributed by atoms with van der Waals surface area (Å²) >= 11 is 0. The van der Waals surface area contributed by atoms with Crippen molar-refractivity contribution in [1.29, 1.82) is 0 Å². The molecule has 0 aliphatic heterocycles. The molecule has 5 heteroatoms. The van der Waals surface area contributed by atoms with Crippen LogP contribution in [0, 0.1) is 5.92 Å². The Morgan fingerprint density at radius 1 is 1.14 bits per heavy atom. The second-order valence-corrected chi connectivity index (χ2v) is 5.48. The molecule has 1 N–H and O–H groups in total. The molecule has 2 atom stereocenters. The lowest BCUT2D eigenvalue weighted by Crippen LogP contribution is -1.90. The molecule has 2 unspecified atom stereocenters. The number of unbranched alkanes of at least 4 members (excludes halogenated alkanes) is 3. The molecular formula is C16H23N3O2. The molecule has 0 spiro atoms. The summed E-state index contributed by atoms with van der Waals surface area (Å²) in [4.78, 5) is 12.2. The predicted octanol–water partition coefficient (Wildman–Crippen LogP) is 2.48. The SMILES string of the molecule is CCCCCCC1C(=O)C1O.Cn1nc2ccccc2n1. The van der Waals surface area contributed by atoms with E-state index in [0.29, 0.717) is 0 Å². The third kappa shape index (κ3) is 4.36. The first-order valence-electron chi connectivity index (χ1n) is 7.61. The number of aliphatic hydroxyl groups is 1. The summed E-state index contributed by atoms with van der Waals surface area (Å²) in [5.74, 6) is 0.0633. The third-order valence-corrected chi connectivity index (χ3v) is 3.68. The number of nitrogens with zero attached hydrogens (tertiary/aromatic N) is 3. The number of rotatable bonds is 5. The molecule has 2 aromatic rings. The Kier molecular flexibility index (Phi) is 5.44. The molecule has 21 heavy (non-hydrogen) atoms. The van der Waals surface area contributed by atoms with Gasteiger partial charge in [-0.2, -0.15) is 15.0 Å². The lowest BCUT2D eigenvalue weighted by atomic mass is 10.1. The first kappa shape index (κ1) is 15.6. The highest BCUT2D eigenvalue weighted by molar-refractivity contribution is 6.01.